The molecule has 0 amide bonds. The standard InChI is InChI=1S/C9H18O2.C6H6.H3P/c1-3-5-7-9(10)11-8-6-4-2;1-2-4-6-5-3-1;/h3-8H2,1-2H3;1-6H;1H3. The first-order valence-corrected chi connectivity index (χ1v) is 6.46. The molecule has 1 aromatic rings. The van der Waals surface area contributed by atoms with E-state index in [1.807, 2.05) is 36.4 Å². The maximum absolute atomic E-state index is 10.9. The fraction of sp³-hybridized carbons (Fsp3) is 0.533. The SMILES string of the molecule is CCCCOC(=O)CCCC.P.c1ccccc1. The molecule has 0 saturated heterocycles. The molecule has 0 aliphatic heterocycles. The predicted molar refractivity (Wildman–Crippen MR) is 82.9 cm³/mol. The zero-order chi connectivity index (χ0) is 12.8. The maximum Gasteiger partial charge on any atom is 0.305 e. The molecule has 2 nitrogen and oxygen atoms in total. The first-order chi connectivity index (χ1) is 8.31. The molecule has 0 fully saturated rings. The summed E-state index contributed by atoms with van der Waals surface area (Å²) in [5.41, 5.74) is 0. The Kier molecular flexibility index (Phi) is 17.4. The van der Waals surface area contributed by atoms with Gasteiger partial charge in [0.1, 0.15) is 0 Å². The van der Waals surface area contributed by atoms with Gasteiger partial charge in [-0.1, -0.05) is 63.1 Å². The van der Waals surface area contributed by atoms with E-state index in [-0.39, 0.29) is 15.9 Å². The third-order valence-corrected chi connectivity index (χ3v) is 2.16. The average Bonchev–Trinajstić information content (AvgIpc) is 2.39. The van der Waals surface area contributed by atoms with Gasteiger partial charge in [0.25, 0.3) is 0 Å². The van der Waals surface area contributed by atoms with Crippen LogP contribution in [0, 0.1) is 0 Å². The van der Waals surface area contributed by atoms with Gasteiger partial charge in [-0.3, -0.25) is 4.79 Å². The van der Waals surface area contributed by atoms with Crippen molar-refractivity contribution < 1.29 is 9.53 Å². The number of unbranched alkanes of at least 4 members (excludes halogenated alkanes) is 2. The van der Waals surface area contributed by atoms with Crippen molar-refractivity contribution in [1.82, 2.24) is 0 Å². The molecule has 1 atom stereocenters. The molecular weight excluding hydrogens is 243 g/mol. The van der Waals surface area contributed by atoms with Gasteiger partial charge in [0.05, 0.1) is 6.61 Å². The lowest BCUT2D eigenvalue weighted by molar-refractivity contribution is -0.143. The van der Waals surface area contributed by atoms with Gasteiger partial charge < -0.3 is 4.74 Å². The highest BCUT2D eigenvalue weighted by molar-refractivity contribution is 6.92. The summed E-state index contributed by atoms with van der Waals surface area (Å²) in [6, 6.07) is 12.0. The van der Waals surface area contributed by atoms with Crippen molar-refractivity contribution in [3.63, 3.8) is 0 Å². The van der Waals surface area contributed by atoms with Crippen LogP contribution < -0.4 is 0 Å². The maximum atomic E-state index is 10.9. The van der Waals surface area contributed by atoms with Crippen molar-refractivity contribution in [3.05, 3.63) is 36.4 Å². The Morgan fingerprint density at radius 3 is 1.72 bits per heavy atom. The first-order valence-electron chi connectivity index (χ1n) is 6.46. The Hall–Kier alpha value is -0.880. The molecule has 1 unspecified atom stereocenters. The van der Waals surface area contributed by atoms with Crippen molar-refractivity contribution >= 4 is 15.9 Å². The summed E-state index contributed by atoms with van der Waals surface area (Å²) in [5, 5.41) is 0. The molecular formula is C15H27O2P. The Morgan fingerprint density at radius 1 is 0.889 bits per heavy atom. The van der Waals surface area contributed by atoms with Crippen molar-refractivity contribution in [2.45, 2.75) is 46.0 Å². The van der Waals surface area contributed by atoms with Gasteiger partial charge in [-0.25, -0.2) is 0 Å². The van der Waals surface area contributed by atoms with Crippen LogP contribution in [0.3, 0.4) is 0 Å². The van der Waals surface area contributed by atoms with E-state index in [1.165, 1.54) is 0 Å². The molecule has 0 aromatic heterocycles. The van der Waals surface area contributed by atoms with E-state index in [4.69, 9.17) is 4.74 Å². The smallest absolute Gasteiger partial charge is 0.305 e. The molecule has 1 aromatic carbocycles. The third-order valence-electron chi connectivity index (χ3n) is 2.16. The normalized spacial score (nSPS) is 8.56. The summed E-state index contributed by atoms with van der Waals surface area (Å²) >= 11 is 0. The van der Waals surface area contributed by atoms with Crippen LogP contribution in [0.4, 0.5) is 0 Å². The lowest BCUT2D eigenvalue weighted by Crippen LogP contribution is -2.04. The van der Waals surface area contributed by atoms with Crippen LogP contribution in [0.1, 0.15) is 46.0 Å². The van der Waals surface area contributed by atoms with Crippen LogP contribution in [0.25, 0.3) is 0 Å². The van der Waals surface area contributed by atoms with Crippen LogP contribution in [-0.4, -0.2) is 12.6 Å². The van der Waals surface area contributed by atoms with E-state index in [9.17, 15) is 4.79 Å². The van der Waals surface area contributed by atoms with Crippen molar-refractivity contribution in [1.29, 1.82) is 0 Å². The Morgan fingerprint density at radius 2 is 1.33 bits per heavy atom. The van der Waals surface area contributed by atoms with Crippen LogP contribution in [0.2, 0.25) is 0 Å². The quantitative estimate of drug-likeness (QED) is 0.438. The molecule has 0 bridgehead atoms. The van der Waals surface area contributed by atoms with E-state index in [2.05, 4.69) is 13.8 Å². The highest BCUT2D eigenvalue weighted by atomic mass is 31.0. The second-order valence-electron chi connectivity index (χ2n) is 3.83. The predicted octanol–water partition coefficient (Wildman–Crippen LogP) is 4.26. The minimum Gasteiger partial charge on any atom is -0.466 e. The molecule has 1 rings (SSSR count). The van der Waals surface area contributed by atoms with Gasteiger partial charge in [-0.2, -0.15) is 9.90 Å². The summed E-state index contributed by atoms with van der Waals surface area (Å²) in [4.78, 5) is 10.9. The molecule has 18 heavy (non-hydrogen) atoms. The number of ether oxygens (including phenoxy) is 1. The Labute approximate surface area is 115 Å². The van der Waals surface area contributed by atoms with Gasteiger partial charge in [-0.05, 0) is 12.8 Å². The molecule has 0 aliphatic rings. The molecule has 0 spiro atoms. The number of carbonyl (C=O) groups excluding carboxylic acids is 1. The van der Waals surface area contributed by atoms with Crippen LogP contribution in [0.15, 0.2) is 36.4 Å². The van der Waals surface area contributed by atoms with Gasteiger partial charge >= 0.3 is 5.97 Å². The van der Waals surface area contributed by atoms with E-state index in [0.29, 0.717) is 13.0 Å². The zero-order valence-electron chi connectivity index (χ0n) is 11.7. The number of benzene rings is 1. The number of esters is 1. The van der Waals surface area contributed by atoms with E-state index in [1.54, 1.807) is 0 Å². The highest BCUT2D eigenvalue weighted by Crippen LogP contribution is 1.97. The lowest BCUT2D eigenvalue weighted by atomic mass is 10.2. The fourth-order valence-electron chi connectivity index (χ4n) is 1.11. The number of carbonyl (C=O) groups is 1. The largest absolute Gasteiger partial charge is 0.466 e. The summed E-state index contributed by atoms with van der Waals surface area (Å²) < 4.78 is 4.95. The van der Waals surface area contributed by atoms with Gasteiger partial charge in [0.2, 0.25) is 0 Å². The van der Waals surface area contributed by atoms with Gasteiger partial charge in [0, 0.05) is 6.42 Å². The summed E-state index contributed by atoms with van der Waals surface area (Å²) in [5.74, 6) is -0.0414. The number of rotatable bonds is 6. The minimum atomic E-state index is -0.0414. The van der Waals surface area contributed by atoms with E-state index < -0.39 is 0 Å². The summed E-state index contributed by atoms with van der Waals surface area (Å²) in [7, 11) is 0. The van der Waals surface area contributed by atoms with Crippen LogP contribution in [0.5, 0.6) is 0 Å². The van der Waals surface area contributed by atoms with Crippen LogP contribution >= 0.6 is 9.90 Å². The summed E-state index contributed by atoms with van der Waals surface area (Å²) in [6.45, 7) is 4.75. The Bertz CT molecular complexity index is 236. The van der Waals surface area contributed by atoms with Crippen LogP contribution in [-0.2, 0) is 9.53 Å². The van der Waals surface area contributed by atoms with E-state index in [0.717, 1.165) is 25.7 Å². The van der Waals surface area contributed by atoms with E-state index >= 15 is 0 Å². The molecule has 0 saturated carbocycles. The van der Waals surface area contributed by atoms with Crippen molar-refractivity contribution in [2.24, 2.45) is 0 Å². The summed E-state index contributed by atoms with van der Waals surface area (Å²) in [6.07, 6.45) is 4.66. The average molecular weight is 270 g/mol. The minimum absolute atomic E-state index is 0. The monoisotopic (exact) mass is 270 g/mol. The molecule has 0 N–H and O–H groups in total. The van der Waals surface area contributed by atoms with Crippen molar-refractivity contribution in [3.8, 4) is 0 Å². The Balaban J connectivity index is 0. The molecule has 0 aliphatic carbocycles. The van der Waals surface area contributed by atoms with Gasteiger partial charge in [0.15, 0.2) is 0 Å². The second kappa shape index (κ2) is 16.1. The molecule has 0 heterocycles. The fourth-order valence-corrected chi connectivity index (χ4v) is 1.11. The lowest BCUT2D eigenvalue weighted by Gasteiger charge is -2.01. The number of hydrogen-bond acceptors (Lipinski definition) is 2. The second-order valence-corrected chi connectivity index (χ2v) is 3.83. The first kappa shape index (κ1) is 19.5. The van der Waals surface area contributed by atoms with Crippen molar-refractivity contribution in [2.75, 3.05) is 6.61 Å². The molecule has 3 heteroatoms. The number of hydrogen-bond donors (Lipinski definition) is 0. The topological polar surface area (TPSA) is 26.3 Å². The molecule has 104 valence electrons. The highest BCUT2D eigenvalue weighted by Gasteiger charge is 1.99. The molecule has 0 radical (unpaired) electrons. The third kappa shape index (κ3) is 15.1. The zero-order valence-corrected chi connectivity index (χ0v) is 13.1. The van der Waals surface area contributed by atoms with Gasteiger partial charge in [-0.15, -0.1) is 0 Å².